The maximum atomic E-state index is 12.0. The number of amides is 2. The van der Waals surface area contributed by atoms with E-state index in [1.807, 2.05) is 12.1 Å². The smallest absolute Gasteiger partial charge is 0.276 e. The van der Waals surface area contributed by atoms with E-state index in [1.165, 1.54) is 11.1 Å². The summed E-state index contributed by atoms with van der Waals surface area (Å²) in [4.78, 5) is 23.8. The summed E-state index contributed by atoms with van der Waals surface area (Å²) in [5.74, 6) is -0.469. The zero-order chi connectivity index (χ0) is 18.4. The molecule has 1 aliphatic carbocycles. The summed E-state index contributed by atoms with van der Waals surface area (Å²) < 4.78 is 5.30. The minimum Gasteiger partial charge on any atom is -0.482 e. The molecule has 0 radical (unpaired) electrons. The van der Waals surface area contributed by atoms with Gasteiger partial charge in [0.05, 0.1) is 12.0 Å². The van der Waals surface area contributed by atoms with Crippen LogP contribution in [0.15, 0.2) is 42.5 Å². The molecule has 2 aromatic carbocycles. The Morgan fingerprint density at radius 1 is 1.04 bits per heavy atom. The van der Waals surface area contributed by atoms with Gasteiger partial charge in [0.25, 0.3) is 5.91 Å². The van der Waals surface area contributed by atoms with Crippen LogP contribution in [0.5, 0.6) is 5.75 Å². The Labute approximate surface area is 151 Å². The van der Waals surface area contributed by atoms with Crippen molar-refractivity contribution in [2.24, 2.45) is 0 Å². The van der Waals surface area contributed by atoms with E-state index in [2.05, 4.69) is 23.0 Å². The van der Waals surface area contributed by atoms with E-state index in [9.17, 15) is 9.59 Å². The van der Waals surface area contributed by atoms with Crippen molar-refractivity contribution < 1.29 is 14.3 Å². The van der Waals surface area contributed by atoms with Gasteiger partial charge in [-0.3, -0.25) is 20.4 Å². The second kappa shape index (κ2) is 8.17. The maximum Gasteiger partial charge on any atom is 0.276 e. The van der Waals surface area contributed by atoms with E-state index in [0.29, 0.717) is 11.3 Å². The quantitative estimate of drug-likeness (QED) is 0.806. The highest BCUT2D eigenvalue weighted by Crippen LogP contribution is 2.22. The van der Waals surface area contributed by atoms with Crippen molar-refractivity contribution in [3.8, 4) is 11.8 Å². The minimum absolute atomic E-state index is 0.200. The van der Waals surface area contributed by atoms with E-state index in [4.69, 9.17) is 10.00 Å². The molecule has 0 saturated heterocycles. The highest BCUT2D eigenvalue weighted by atomic mass is 16.5. The number of fused-ring (bicyclic) bond motifs is 1. The van der Waals surface area contributed by atoms with Crippen LogP contribution in [-0.2, 0) is 28.9 Å². The van der Waals surface area contributed by atoms with Gasteiger partial charge >= 0.3 is 0 Å². The fraction of sp³-hybridized carbons (Fsp3) is 0.250. The lowest BCUT2D eigenvalue weighted by atomic mass is 10.0. The number of hydrogen-bond acceptors (Lipinski definition) is 4. The molecule has 26 heavy (non-hydrogen) atoms. The molecule has 6 heteroatoms. The molecule has 1 aliphatic rings. The summed E-state index contributed by atoms with van der Waals surface area (Å²) >= 11 is 0. The average molecular weight is 349 g/mol. The van der Waals surface area contributed by atoms with Crippen LogP contribution in [0, 0.1) is 11.3 Å². The number of rotatable bonds is 5. The van der Waals surface area contributed by atoms with Crippen molar-refractivity contribution in [3.63, 3.8) is 0 Å². The van der Waals surface area contributed by atoms with E-state index >= 15 is 0 Å². The zero-order valence-corrected chi connectivity index (χ0v) is 14.2. The summed E-state index contributed by atoms with van der Waals surface area (Å²) in [6, 6.07) is 14.7. The third-order valence-electron chi connectivity index (χ3n) is 4.24. The fourth-order valence-electron chi connectivity index (χ4n) is 2.97. The summed E-state index contributed by atoms with van der Waals surface area (Å²) in [7, 11) is 0. The van der Waals surface area contributed by atoms with Gasteiger partial charge in [0.15, 0.2) is 6.61 Å². The summed E-state index contributed by atoms with van der Waals surface area (Å²) in [6.07, 6.45) is 3.53. The SMILES string of the molecule is N#Cc1ccccc1OCC(=O)NNC(=O)Cc1ccc2c(c1)CCC2. The molecule has 0 unspecified atom stereocenters. The van der Waals surface area contributed by atoms with Gasteiger partial charge in [-0.25, -0.2) is 0 Å². The van der Waals surface area contributed by atoms with Crippen LogP contribution in [0.4, 0.5) is 0 Å². The van der Waals surface area contributed by atoms with E-state index < -0.39 is 5.91 Å². The topological polar surface area (TPSA) is 91.2 Å². The fourth-order valence-corrected chi connectivity index (χ4v) is 2.97. The van der Waals surface area contributed by atoms with Crippen LogP contribution in [-0.4, -0.2) is 18.4 Å². The van der Waals surface area contributed by atoms with Crippen molar-refractivity contribution >= 4 is 11.8 Å². The first kappa shape index (κ1) is 17.5. The standard InChI is InChI=1S/C20H19N3O3/c21-12-17-4-1-2-7-18(17)26-13-20(25)23-22-19(24)11-14-8-9-15-5-3-6-16(15)10-14/h1-2,4,7-10H,3,5-6,11,13H2,(H,22,24)(H,23,25). The van der Waals surface area contributed by atoms with Crippen LogP contribution in [0.1, 0.15) is 28.7 Å². The number of nitrogens with one attached hydrogen (secondary N) is 2. The molecule has 0 fully saturated rings. The maximum absolute atomic E-state index is 12.0. The molecule has 0 aliphatic heterocycles. The van der Waals surface area contributed by atoms with Gasteiger partial charge in [0.2, 0.25) is 5.91 Å². The second-order valence-corrected chi connectivity index (χ2v) is 6.13. The summed E-state index contributed by atoms with van der Waals surface area (Å²) in [5, 5.41) is 8.97. The van der Waals surface area contributed by atoms with Crippen LogP contribution < -0.4 is 15.6 Å². The normalized spacial score (nSPS) is 12.0. The average Bonchev–Trinajstić information content (AvgIpc) is 3.12. The lowest BCUT2D eigenvalue weighted by Gasteiger charge is -2.10. The molecular formula is C20H19N3O3. The molecule has 0 spiro atoms. The Morgan fingerprint density at radius 3 is 2.65 bits per heavy atom. The molecule has 2 amide bonds. The van der Waals surface area contributed by atoms with Gasteiger partial charge in [-0.1, -0.05) is 30.3 Å². The summed E-state index contributed by atoms with van der Waals surface area (Å²) in [5.41, 5.74) is 8.64. The van der Waals surface area contributed by atoms with Crippen LogP contribution >= 0.6 is 0 Å². The lowest BCUT2D eigenvalue weighted by molar-refractivity contribution is -0.129. The number of nitriles is 1. The van der Waals surface area contributed by atoms with Gasteiger partial charge in [-0.2, -0.15) is 5.26 Å². The van der Waals surface area contributed by atoms with Crippen LogP contribution in [0.2, 0.25) is 0 Å². The monoisotopic (exact) mass is 349 g/mol. The minimum atomic E-state index is -0.500. The Hall–Kier alpha value is -3.33. The molecular weight excluding hydrogens is 330 g/mol. The highest BCUT2D eigenvalue weighted by Gasteiger charge is 2.13. The van der Waals surface area contributed by atoms with E-state index in [0.717, 1.165) is 24.8 Å². The first-order chi connectivity index (χ1) is 12.7. The number of para-hydroxylation sites is 1. The van der Waals surface area contributed by atoms with Crippen molar-refractivity contribution in [3.05, 3.63) is 64.7 Å². The predicted octanol–water partition coefficient (Wildman–Crippen LogP) is 1.82. The molecule has 0 heterocycles. The van der Waals surface area contributed by atoms with Gasteiger partial charge in [0, 0.05) is 0 Å². The number of aryl methyl sites for hydroxylation is 2. The number of benzene rings is 2. The molecule has 3 rings (SSSR count). The molecule has 0 atom stereocenters. The summed E-state index contributed by atoms with van der Waals surface area (Å²) in [6.45, 7) is -0.294. The Balaban J connectivity index is 1.44. The van der Waals surface area contributed by atoms with Crippen molar-refractivity contribution in [2.45, 2.75) is 25.7 Å². The van der Waals surface area contributed by atoms with E-state index in [-0.39, 0.29) is 18.9 Å². The van der Waals surface area contributed by atoms with Gasteiger partial charge < -0.3 is 4.74 Å². The van der Waals surface area contributed by atoms with Crippen molar-refractivity contribution in [2.75, 3.05) is 6.61 Å². The van der Waals surface area contributed by atoms with Gasteiger partial charge in [-0.05, 0) is 48.1 Å². The zero-order valence-electron chi connectivity index (χ0n) is 14.2. The van der Waals surface area contributed by atoms with Crippen molar-refractivity contribution in [1.82, 2.24) is 10.9 Å². The second-order valence-electron chi connectivity index (χ2n) is 6.13. The molecule has 2 N–H and O–H groups in total. The Morgan fingerprint density at radius 2 is 1.81 bits per heavy atom. The Bertz CT molecular complexity index is 871. The third-order valence-corrected chi connectivity index (χ3v) is 4.24. The predicted molar refractivity (Wildman–Crippen MR) is 95.1 cm³/mol. The Kier molecular flexibility index (Phi) is 5.49. The van der Waals surface area contributed by atoms with Gasteiger partial charge in [-0.15, -0.1) is 0 Å². The first-order valence-corrected chi connectivity index (χ1v) is 8.46. The first-order valence-electron chi connectivity index (χ1n) is 8.46. The highest BCUT2D eigenvalue weighted by molar-refractivity contribution is 5.84. The molecule has 0 bridgehead atoms. The van der Waals surface area contributed by atoms with Gasteiger partial charge in [0.1, 0.15) is 11.8 Å². The number of nitrogens with zero attached hydrogens (tertiary/aromatic N) is 1. The van der Waals surface area contributed by atoms with Crippen LogP contribution in [0.25, 0.3) is 0 Å². The number of carbonyl (C=O) groups excluding carboxylic acids is 2. The largest absolute Gasteiger partial charge is 0.482 e. The lowest BCUT2D eigenvalue weighted by Crippen LogP contribution is -2.44. The third kappa shape index (κ3) is 4.39. The molecule has 132 valence electrons. The number of carbonyl (C=O) groups is 2. The molecule has 0 saturated carbocycles. The van der Waals surface area contributed by atoms with E-state index in [1.54, 1.807) is 24.3 Å². The van der Waals surface area contributed by atoms with Crippen molar-refractivity contribution in [1.29, 1.82) is 5.26 Å². The molecule has 2 aromatic rings. The number of hydrazine groups is 1. The molecule has 0 aromatic heterocycles. The number of ether oxygens (including phenoxy) is 1. The molecule has 6 nitrogen and oxygen atoms in total. The van der Waals surface area contributed by atoms with Crippen LogP contribution in [0.3, 0.4) is 0 Å². The number of hydrogen-bond donors (Lipinski definition) is 2.